The van der Waals surface area contributed by atoms with Gasteiger partial charge in [-0.15, -0.1) is 0 Å². The molecule has 196 valence electrons. The average molecular weight is 557 g/mol. The smallest absolute Gasteiger partial charge is 0.0629 e. The van der Waals surface area contributed by atoms with E-state index < -0.39 is 0 Å². The van der Waals surface area contributed by atoms with Crippen LogP contribution in [0, 0.1) is 0 Å². The van der Waals surface area contributed by atoms with Crippen molar-refractivity contribution in [3.63, 3.8) is 0 Å². The number of hydrogen-bond donors (Lipinski definition) is 0. The molecule has 0 aliphatic carbocycles. The van der Waals surface area contributed by atoms with Crippen LogP contribution in [0.3, 0.4) is 0 Å². The Balaban J connectivity index is 1.29. The van der Waals surface area contributed by atoms with Crippen molar-refractivity contribution in [3.05, 3.63) is 152 Å². The van der Waals surface area contributed by atoms with Crippen molar-refractivity contribution in [2.24, 2.45) is 0 Å². The zero-order chi connectivity index (χ0) is 32.0. The normalized spacial score (nSPS) is 13.9. The Morgan fingerprint density at radius 2 is 1.19 bits per heavy atom. The molecule has 1 aliphatic rings. The lowest BCUT2D eigenvalue weighted by Gasteiger charge is -2.23. The zero-order valence-corrected chi connectivity index (χ0v) is 23.2. The maximum atomic E-state index is 8.57. The number of nitrogens with zero attached hydrogens (tertiary/aromatic N) is 1. The van der Waals surface area contributed by atoms with Crippen LogP contribution in [-0.2, 0) is 0 Å². The van der Waals surface area contributed by atoms with E-state index in [0.717, 1.165) is 49.1 Å². The van der Waals surface area contributed by atoms with Crippen molar-refractivity contribution in [1.82, 2.24) is 4.57 Å². The first-order valence-electron chi connectivity index (χ1n) is 16.5. The van der Waals surface area contributed by atoms with Gasteiger partial charge < -0.3 is 4.57 Å². The van der Waals surface area contributed by atoms with E-state index in [1.165, 1.54) is 21.2 Å². The largest absolute Gasteiger partial charge is 0.309 e. The minimum Gasteiger partial charge on any atom is -0.309 e. The predicted octanol–water partition coefficient (Wildman–Crippen LogP) is 11.4. The molecule has 1 aromatic heterocycles. The molecule has 0 saturated heterocycles. The second-order valence-corrected chi connectivity index (χ2v) is 11.6. The Morgan fingerprint density at radius 3 is 2.07 bits per heavy atom. The van der Waals surface area contributed by atoms with Crippen LogP contribution in [0.15, 0.2) is 161 Å². The molecule has 0 bridgehead atoms. The van der Waals surface area contributed by atoms with Crippen LogP contribution in [0.2, 0.25) is 0 Å². The quantitative estimate of drug-likeness (QED) is 0.209. The molecule has 2 heteroatoms. The summed E-state index contributed by atoms with van der Waals surface area (Å²) in [6.07, 6.45) is 0. The summed E-state index contributed by atoms with van der Waals surface area (Å²) in [7, 11) is 0. The highest BCUT2D eigenvalue weighted by Crippen LogP contribution is 2.51. The molecular formula is C40H25NS. The summed E-state index contributed by atoms with van der Waals surface area (Å²) in [5.74, 6) is 0. The molecule has 0 fully saturated rings. The third-order valence-electron chi connectivity index (χ3n) is 8.28. The number of rotatable bonds is 3. The van der Waals surface area contributed by atoms with Crippen molar-refractivity contribution >= 4 is 44.3 Å². The fourth-order valence-corrected chi connectivity index (χ4v) is 7.63. The lowest BCUT2D eigenvalue weighted by atomic mass is 9.90. The SMILES string of the molecule is [2H]c1c([2H])c([2H])c(-c2ccc3c(c2)-c2cccc4c(-c5cccc6c5c5ccccc5n6-c5ccccc5)ccc(c24)S3)c([2H])c1[2H]. The molecule has 0 saturated carbocycles. The highest BCUT2D eigenvalue weighted by molar-refractivity contribution is 7.99. The van der Waals surface area contributed by atoms with Gasteiger partial charge >= 0.3 is 0 Å². The number of fused-ring (bicyclic) bond motifs is 5. The van der Waals surface area contributed by atoms with Gasteiger partial charge in [0, 0.05) is 31.6 Å². The van der Waals surface area contributed by atoms with Crippen LogP contribution >= 0.6 is 11.8 Å². The first kappa shape index (κ1) is 19.1. The highest BCUT2D eigenvalue weighted by atomic mass is 32.2. The fourth-order valence-electron chi connectivity index (χ4n) is 6.52. The molecule has 42 heavy (non-hydrogen) atoms. The maximum absolute atomic E-state index is 8.57. The summed E-state index contributed by atoms with van der Waals surface area (Å²) in [5.41, 5.74) is 8.64. The van der Waals surface area contributed by atoms with Crippen LogP contribution in [0.25, 0.3) is 71.6 Å². The van der Waals surface area contributed by atoms with Crippen molar-refractivity contribution in [3.8, 4) is 39.1 Å². The Hall–Kier alpha value is -5.05. The molecule has 9 rings (SSSR count). The van der Waals surface area contributed by atoms with E-state index in [-0.39, 0.29) is 35.8 Å². The van der Waals surface area contributed by atoms with Crippen LogP contribution in [0.4, 0.5) is 0 Å². The molecule has 0 spiro atoms. The van der Waals surface area contributed by atoms with E-state index in [0.29, 0.717) is 5.56 Å². The highest BCUT2D eigenvalue weighted by Gasteiger charge is 2.23. The molecule has 0 atom stereocenters. The van der Waals surface area contributed by atoms with E-state index in [1.807, 2.05) is 24.3 Å². The van der Waals surface area contributed by atoms with Crippen molar-refractivity contribution in [2.75, 3.05) is 0 Å². The van der Waals surface area contributed by atoms with Crippen molar-refractivity contribution < 1.29 is 6.85 Å². The second kappa shape index (κ2) is 9.24. The van der Waals surface area contributed by atoms with Gasteiger partial charge in [-0.05, 0) is 81.2 Å². The standard InChI is InChI=1S/C40H25NS/c1-3-11-26(12-4-1)27-21-23-37-34(25-27)32-17-9-16-31-29(22-24-38(42-37)40(31)32)30-18-10-20-36-39(30)33-15-7-8-19-35(33)41(36)28-13-5-2-6-14-28/h1-25H/i1D,3D,4D,11D,12D. The fraction of sp³-hybridized carbons (Fsp3) is 0. The Bertz CT molecular complexity index is 2580. The van der Waals surface area contributed by atoms with Gasteiger partial charge in [-0.3, -0.25) is 0 Å². The molecule has 2 heterocycles. The summed E-state index contributed by atoms with van der Waals surface area (Å²) in [5, 5.41) is 4.71. The van der Waals surface area contributed by atoms with Crippen LogP contribution in [0.5, 0.6) is 0 Å². The van der Waals surface area contributed by atoms with Gasteiger partial charge in [-0.2, -0.15) is 0 Å². The second-order valence-electron chi connectivity index (χ2n) is 10.5. The third-order valence-corrected chi connectivity index (χ3v) is 9.42. The van der Waals surface area contributed by atoms with Gasteiger partial charge in [0.2, 0.25) is 0 Å². The van der Waals surface area contributed by atoms with E-state index in [9.17, 15) is 0 Å². The number of hydrogen-bond acceptors (Lipinski definition) is 1. The molecule has 0 radical (unpaired) electrons. The minimum absolute atomic E-state index is 0.192. The molecule has 1 nitrogen and oxygen atoms in total. The van der Waals surface area contributed by atoms with Crippen molar-refractivity contribution in [1.29, 1.82) is 0 Å². The van der Waals surface area contributed by atoms with E-state index in [4.69, 9.17) is 6.85 Å². The summed E-state index contributed by atoms with van der Waals surface area (Å²) >= 11 is 1.71. The Morgan fingerprint density at radius 1 is 0.476 bits per heavy atom. The molecule has 0 N–H and O–H groups in total. The van der Waals surface area contributed by atoms with Gasteiger partial charge in [0.15, 0.2) is 0 Å². The molecule has 1 aliphatic heterocycles. The lowest BCUT2D eigenvalue weighted by Crippen LogP contribution is -1.95. The van der Waals surface area contributed by atoms with Crippen LogP contribution < -0.4 is 0 Å². The molecule has 0 unspecified atom stereocenters. The monoisotopic (exact) mass is 556 g/mol. The zero-order valence-electron chi connectivity index (χ0n) is 27.4. The van der Waals surface area contributed by atoms with Gasteiger partial charge in [0.25, 0.3) is 0 Å². The van der Waals surface area contributed by atoms with Gasteiger partial charge in [-0.25, -0.2) is 0 Å². The predicted molar refractivity (Wildman–Crippen MR) is 179 cm³/mol. The van der Waals surface area contributed by atoms with E-state index >= 15 is 0 Å². The van der Waals surface area contributed by atoms with Gasteiger partial charge in [0.1, 0.15) is 0 Å². The topological polar surface area (TPSA) is 4.93 Å². The molecule has 0 amide bonds. The summed E-state index contributed by atoms with van der Waals surface area (Å²) < 4.78 is 43.9. The first-order chi connectivity index (χ1) is 22.9. The van der Waals surface area contributed by atoms with Crippen LogP contribution in [0.1, 0.15) is 6.85 Å². The summed E-state index contributed by atoms with van der Waals surface area (Å²) in [6.45, 7) is 0. The molecule has 7 aromatic carbocycles. The summed E-state index contributed by atoms with van der Waals surface area (Å²) in [6, 6.07) is 40.9. The number of benzene rings is 7. The van der Waals surface area contributed by atoms with Gasteiger partial charge in [0.05, 0.1) is 17.9 Å². The maximum Gasteiger partial charge on any atom is 0.0629 e. The van der Waals surface area contributed by atoms with Gasteiger partial charge in [-0.1, -0.05) is 121 Å². The van der Waals surface area contributed by atoms with Crippen molar-refractivity contribution in [2.45, 2.75) is 9.79 Å². The average Bonchev–Trinajstić information content (AvgIpc) is 3.45. The third kappa shape index (κ3) is 3.46. The van der Waals surface area contributed by atoms with Crippen LogP contribution in [-0.4, -0.2) is 4.57 Å². The Labute approximate surface area is 255 Å². The van der Waals surface area contributed by atoms with E-state index in [2.05, 4.69) is 102 Å². The Kier molecular flexibility index (Phi) is 4.21. The first-order valence-corrected chi connectivity index (χ1v) is 14.8. The lowest BCUT2D eigenvalue weighted by molar-refractivity contribution is 1.18. The van der Waals surface area contributed by atoms with E-state index in [1.54, 1.807) is 11.8 Å². The number of aromatic nitrogens is 1. The molecule has 8 aromatic rings. The summed E-state index contributed by atoms with van der Waals surface area (Å²) in [4.78, 5) is 2.24. The minimum atomic E-state index is -0.384. The number of para-hydroxylation sites is 2. The molecular weight excluding hydrogens is 527 g/mol.